The van der Waals surface area contributed by atoms with E-state index in [-0.39, 0.29) is 36.7 Å². The van der Waals surface area contributed by atoms with Crippen LogP contribution in [-0.2, 0) is 24.5 Å². The zero-order valence-electron chi connectivity index (χ0n) is 22.2. The Morgan fingerprint density at radius 3 is 2.68 bits per heavy atom. The predicted octanol–water partition coefficient (Wildman–Crippen LogP) is 4.63. The van der Waals surface area contributed by atoms with Crippen molar-refractivity contribution in [3.8, 4) is 5.69 Å². The molecule has 1 fully saturated rings. The highest BCUT2D eigenvalue weighted by atomic mass is 32.2. The van der Waals surface area contributed by atoms with Crippen LogP contribution < -0.4 is 0 Å². The number of benzene rings is 1. The van der Waals surface area contributed by atoms with Crippen LogP contribution in [0, 0.1) is 17.0 Å². The van der Waals surface area contributed by atoms with E-state index < -0.39 is 34.9 Å². The average Bonchev–Trinajstić information content (AvgIpc) is 3.59. The molecule has 4 aromatic rings. The Labute approximate surface area is 237 Å². The van der Waals surface area contributed by atoms with Gasteiger partial charge < -0.3 is 0 Å². The van der Waals surface area contributed by atoms with Crippen LogP contribution in [0.1, 0.15) is 41.0 Å². The van der Waals surface area contributed by atoms with Crippen molar-refractivity contribution in [1.82, 2.24) is 28.9 Å². The van der Waals surface area contributed by atoms with Crippen LogP contribution in [0.5, 0.6) is 0 Å². The maximum atomic E-state index is 14.3. The van der Waals surface area contributed by atoms with E-state index in [4.69, 9.17) is 0 Å². The van der Waals surface area contributed by atoms with E-state index in [1.165, 1.54) is 29.1 Å². The third-order valence-electron chi connectivity index (χ3n) is 7.89. The van der Waals surface area contributed by atoms with E-state index in [0.717, 1.165) is 22.9 Å². The van der Waals surface area contributed by atoms with Crippen molar-refractivity contribution in [2.75, 3.05) is 13.2 Å². The zero-order valence-corrected chi connectivity index (χ0v) is 23.0. The first kappa shape index (κ1) is 27.3. The minimum Gasteiger partial charge on any atom is -0.291 e. The number of Topliss-reactive ketones (excluding diaryl/α,β-unsaturated/α-hetero) is 1. The second-order valence-electron chi connectivity index (χ2n) is 10.4. The maximum Gasteiger partial charge on any atom is 0.191 e. The van der Waals surface area contributed by atoms with E-state index in [0.29, 0.717) is 23.6 Å². The molecule has 3 unspecified atom stereocenters. The summed E-state index contributed by atoms with van der Waals surface area (Å²) in [6.07, 6.45) is 8.00. The molecule has 1 aromatic carbocycles. The second-order valence-corrected chi connectivity index (χ2v) is 11.7. The SMILES string of the molecule is Cn1ccc(S(=O)N(CCF)C2CCC3=Cc4c(cnn4-c4ccc(F)cc4)CC3(C(=O)c3cc(F)ccn3)C2)n1. The van der Waals surface area contributed by atoms with Crippen LogP contribution in [0.2, 0.25) is 0 Å². The third-order valence-corrected chi connectivity index (χ3v) is 9.37. The fraction of sp³-hybridized carbons (Fsp3) is 0.310. The number of carbonyl (C=O) groups is 1. The molecule has 2 aliphatic rings. The largest absolute Gasteiger partial charge is 0.291 e. The van der Waals surface area contributed by atoms with Gasteiger partial charge in [0.15, 0.2) is 10.8 Å². The van der Waals surface area contributed by atoms with Gasteiger partial charge in [0, 0.05) is 38.1 Å². The summed E-state index contributed by atoms with van der Waals surface area (Å²) in [4.78, 5) is 18.5. The van der Waals surface area contributed by atoms with Crippen molar-refractivity contribution in [2.24, 2.45) is 12.5 Å². The number of rotatable bonds is 8. The molecule has 0 amide bonds. The summed E-state index contributed by atoms with van der Waals surface area (Å²) in [6, 6.07) is 9.49. The van der Waals surface area contributed by atoms with Gasteiger partial charge in [0.25, 0.3) is 0 Å². The number of hydrogen-bond donors (Lipinski definition) is 0. The standard InChI is InChI=1S/C29H27F3N6O2S/c1-36-12-9-27(35-36)41(40)37(13-10-30)24-5-2-20-14-26-19(18-34-38(26)23-6-3-21(31)4-7-23)16-29(20,17-24)28(39)25-15-22(32)8-11-33-25/h3-4,6-9,11-12,14-15,18,24H,2,5,10,13,16-17H2,1H3. The molecule has 212 valence electrons. The van der Waals surface area contributed by atoms with Crippen LogP contribution in [-0.4, -0.2) is 58.1 Å². The number of aryl methyl sites for hydroxylation is 1. The zero-order chi connectivity index (χ0) is 28.7. The molecule has 6 rings (SSSR count). The Morgan fingerprint density at radius 1 is 1.17 bits per heavy atom. The van der Waals surface area contributed by atoms with E-state index in [9.17, 15) is 22.2 Å². The average molecular weight is 581 g/mol. The molecule has 0 bridgehead atoms. The van der Waals surface area contributed by atoms with Gasteiger partial charge in [0.05, 0.1) is 23.0 Å². The first-order valence-corrected chi connectivity index (χ1v) is 14.3. The Morgan fingerprint density at radius 2 is 1.98 bits per heavy atom. The van der Waals surface area contributed by atoms with Crippen molar-refractivity contribution in [1.29, 1.82) is 0 Å². The Hall–Kier alpha value is -3.90. The lowest BCUT2D eigenvalue weighted by Gasteiger charge is -2.46. The van der Waals surface area contributed by atoms with Gasteiger partial charge in [-0.1, -0.05) is 5.57 Å². The first-order chi connectivity index (χ1) is 19.8. The summed E-state index contributed by atoms with van der Waals surface area (Å²) in [5, 5.41) is 9.09. The third kappa shape index (κ3) is 4.95. The van der Waals surface area contributed by atoms with E-state index in [1.807, 2.05) is 6.08 Å². The number of fused-ring (bicyclic) bond motifs is 2. The van der Waals surface area contributed by atoms with Gasteiger partial charge in [0.2, 0.25) is 0 Å². The summed E-state index contributed by atoms with van der Waals surface area (Å²) in [6.45, 7) is -0.818. The van der Waals surface area contributed by atoms with Gasteiger partial charge in [0.1, 0.15) is 35.0 Å². The number of nitrogens with zero attached hydrogens (tertiary/aromatic N) is 6. The molecule has 41 heavy (non-hydrogen) atoms. The normalized spacial score (nSPS) is 20.8. The molecular formula is C29H27F3N6O2S. The summed E-state index contributed by atoms with van der Waals surface area (Å²) < 4.78 is 60.0. The van der Waals surface area contributed by atoms with Crippen molar-refractivity contribution >= 4 is 22.8 Å². The number of halogens is 3. The number of aromatic nitrogens is 5. The van der Waals surface area contributed by atoms with E-state index >= 15 is 0 Å². The van der Waals surface area contributed by atoms with E-state index in [2.05, 4.69) is 15.2 Å². The number of hydrogen-bond acceptors (Lipinski definition) is 5. The fourth-order valence-electron chi connectivity index (χ4n) is 5.98. The van der Waals surface area contributed by atoms with Gasteiger partial charge in [-0.25, -0.2) is 26.4 Å². The lowest BCUT2D eigenvalue weighted by molar-refractivity contribution is 0.0737. The summed E-state index contributed by atoms with van der Waals surface area (Å²) in [5.41, 5.74) is 1.92. The highest BCUT2D eigenvalue weighted by Crippen LogP contribution is 2.51. The minimum atomic E-state index is -1.75. The molecule has 0 aliphatic heterocycles. The molecule has 3 aromatic heterocycles. The molecule has 2 aliphatic carbocycles. The van der Waals surface area contributed by atoms with Gasteiger partial charge in [-0.15, -0.1) is 0 Å². The Kier molecular flexibility index (Phi) is 7.20. The monoisotopic (exact) mass is 580 g/mol. The Bertz CT molecular complexity index is 1670. The van der Waals surface area contributed by atoms with Crippen LogP contribution in [0.4, 0.5) is 13.2 Å². The molecule has 0 radical (unpaired) electrons. The van der Waals surface area contributed by atoms with E-state index in [1.54, 1.807) is 46.6 Å². The number of allylic oxidation sites excluding steroid dienone is 1. The molecule has 0 N–H and O–H groups in total. The highest BCUT2D eigenvalue weighted by Gasteiger charge is 2.51. The minimum absolute atomic E-state index is 0.00573. The van der Waals surface area contributed by atoms with Crippen LogP contribution in [0.15, 0.2) is 71.7 Å². The lowest BCUT2D eigenvalue weighted by Crippen LogP contribution is -2.50. The number of carbonyl (C=O) groups excluding carboxylic acids is 1. The van der Waals surface area contributed by atoms with Crippen molar-refractivity contribution in [2.45, 2.75) is 36.8 Å². The highest BCUT2D eigenvalue weighted by molar-refractivity contribution is 7.82. The molecule has 1 saturated carbocycles. The number of ketones is 1. The van der Waals surface area contributed by atoms with Crippen LogP contribution in [0.3, 0.4) is 0 Å². The molecule has 8 nitrogen and oxygen atoms in total. The van der Waals surface area contributed by atoms with Gasteiger partial charge in [-0.05, 0) is 73.7 Å². The lowest BCUT2D eigenvalue weighted by atomic mass is 9.60. The number of pyridine rings is 1. The smallest absolute Gasteiger partial charge is 0.191 e. The summed E-state index contributed by atoms with van der Waals surface area (Å²) in [7, 11) is -0.0380. The van der Waals surface area contributed by atoms with Crippen LogP contribution >= 0.6 is 0 Å². The first-order valence-electron chi connectivity index (χ1n) is 13.2. The maximum absolute atomic E-state index is 14.3. The Balaban J connectivity index is 1.42. The summed E-state index contributed by atoms with van der Waals surface area (Å²) in [5.74, 6) is -1.29. The molecule has 3 atom stereocenters. The van der Waals surface area contributed by atoms with Gasteiger partial charge >= 0.3 is 0 Å². The second kappa shape index (κ2) is 10.8. The quantitative estimate of drug-likeness (QED) is 0.284. The summed E-state index contributed by atoms with van der Waals surface area (Å²) >= 11 is 0. The van der Waals surface area contributed by atoms with Crippen LogP contribution in [0.25, 0.3) is 11.8 Å². The van der Waals surface area contributed by atoms with Crippen molar-refractivity contribution < 1.29 is 22.2 Å². The topological polar surface area (TPSA) is 85.9 Å². The fourth-order valence-corrected chi connectivity index (χ4v) is 7.28. The van der Waals surface area contributed by atoms with Gasteiger partial charge in [-0.2, -0.15) is 10.2 Å². The molecule has 3 heterocycles. The molecule has 0 spiro atoms. The molecular weight excluding hydrogens is 553 g/mol. The molecule has 12 heteroatoms. The number of alkyl halides is 1. The molecule has 0 saturated heterocycles. The predicted molar refractivity (Wildman–Crippen MR) is 146 cm³/mol. The van der Waals surface area contributed by atoms with Crippen molar-refractivity contribution in [3.05, 3.63) is 95.2 Å². The van der Waals surface area contributed by atoms with Gasteiger partial charge in [-0.3, -0.25) is 14.5 Å². The van der Waals surface area contributed by atoms with Crippen molar-refractivity contribution in [3.63, 3.8) is 0 Å².